The number of rotatable bonds is 4. The zero-order valence-corrected chi connectivity index (χ0v) is 9.91. The van der Waals surface area contributed by atoms with E-state index < -0.39 is 22.1 Å². The number of benzene rings is 1. The summed E-state index contributed by atoms with van der Waals surface area (Å²) in [6.45, 7) is 3.14. The van der Waals surface area contributed by atoms with Gasteiger partial charge in [-0.1, -0.05) is 6.07 Å². The molecule has 0 spiro atoms. The third-order valence-corrected chi connectivity index (χ3v) is 2.41. The van der Waals surface area contributed by atoms with Crippen molar-refractivity contribution in [2.45, 2.75) is 13.8 Å². The Morgan fingerprint density at radius 3 is 2.44 bits per heavy atom. The van der Waals surface area contributed by atoms with Crippen LogP contribution in [0.3, 0.4) is 0 Å². The molecule has 1 amide bonds. The van der Waals surface area contributed by atoms with E-state index in [1.807, 2.05) is 0 Å². The molecule has 7 nitrogen and oxygen atoms in total. The van der Waals surface area contributed by atoms with Crippen molar-refractivity contribution >= 4 is 23.3 Å². The van der Waals surface area contributed by atoms with E-state index in [0.717, 1.165) is 11.0 Å². The molecular weight excluding hydrogens is 240 g/mol. The van der Waals surface area contributed by atoms with Gasteiger partial charge in [-0.3, -0.25) is 14.9 Å². The zero-order chi connectivity index (χ0) is 13.9. The second-order valence-electron chi connectivity index (χ2n) is 3.50. The van der Waals surface area contributed by atoms with Gasteiger partial charge in [-0.15, -0.1) is 0 Å². The minimum atomic E-state index is -1.40. The fraction of sp³-hybridized carbons (Fsp3) is 0.273. The van der Waals surface area contributed by atoms with Crippen LogP contribution in [0.1, 0.15) is 24.2 Å². The van der Waals surface area contributed by atoms with E-state index in [-0.39, 0.29) is 18.1 Å². The molecule has 0 aromatic heterocycles. The smallest absolute Gasteiger partial charge is 0.342 e. The minimum Gasteiger partial charge on any atom is -0.477 e. The van der Waals surface area contributed by atoms with Crippen molar-refractivity contribution in [3.05, 3.63) is 33.9 Å². The summed E-state index contributed by atoms with van der Waals surface area (Å²) in [7, 11) is 0. The maximum atomic E-state index is 11.4. The molecule has 1 aromatic carbocycles. The van der Waals surface area contributed by atoms with Crippen LogP contribution in [0.15, 0.2) is 18.2 Å². The minimum absolute atomic E-state index is 0.00472. The van der Waals surface area contributed by atoms with Gasteiger partial charge >= 0.3 is 11.7 Å². The van der Waals surface area contributed by atoms with E-state index in [0.29, 0.717) is 0 Å². The van der Waals surface area contributed by atoms with Crippen molar-refractivity contribution in [3.63, 3.8) is 0 Å². The van der Waals surface area contributed by atoms with Crippen LogP contribution >= 0.6 is 0 Å². The topological polar surface area (TPSA) is 101 Å². The molecule has 0 saturated carbocycles. The molecule has 96 valence electrons. The summed E-state index contributed by atoms with van der Waals surface area (Å²) in [5.74, 6) is -1.79. The van der Waals surface area contributed by atoms with Crippen molar-refractivity contribution in [1.82, 2.24) is 0 Å². The van der Waals surface area contributed by atoms with Crippen LogP contribution in [0, 0.1) is 10.1 Å². The first-order chi connectivity index (χ1) is 8.40. The van der Waals surface area contributed by atoms with Crippen LogP contribution in [0.2, 0.25) is 0 Å². The molecule has 1 N–H and O–H groups in total. The highest BCUT2D eigenvalue weighted by Crippen LogP contribution is 2.31. The van der Waals surface area contributed by atoms with Gasteiger partial charge in [0.15, 0.2) is 0 Å². The molecule has 18 heavy (non-hydrogen) atoms. The maximum Gasteiger partial charge on any atom is 0.342 e. The molecule has 0 atom stereocenters. The number of carboxylic acids is 1. The van der Waals surface area contributed by atoms with Crippen LogP contribution < -0.4 is 4.90 Å². The van der Waals surface area contributed by atoms with Crippen molar-refractivity contribution in [2.24, 2.45) is 0 Å². The van der Waals surface area contributed by atoms with Gasteiger partial charge in [-0.05, 0) is 19.1 Å². The van der Waals surface area contributed by atoms with E-state index in [4.69, 9.17) is 5.11 Å². The number of para-hydroxylation sites is 1. The van der Waals surface area contributed by atoms with Crippen molar-refractivity contribution < 1.29 is 19.6 Å². The van der Waals surface area contributed by atoms with Gasteiger partial charge in [-0.25, -0.2) is 4.79 Å². The van der Waals surface area contributed by atoms with Gasteiger partial charge in [0.2, 0.25) is 5.91 Å². The molecule has 0 heterocycles. The number of carbonyl (C=O) groups is 2. The highest BCUT2D eigenvalue weighted by atomic mass is 16.6. The van der Waals surface area contributed by atoms with Gasteiger partial charge in [0.05, 0.1) is 4.92 Å². The second kappa shape index (κ2) is 5.26. The molecule has 0 fully saturated rings. The Hall–Kier alpha value is -2.44. The average Bonchev–Trinajstić information content (AvgIpc) is 2.28. The molecule has 0 saturated heterocycles. The number of nitro benzene ring substituents is 1. The highest BCUT2D eigenvalue weighted by molar-refractivity contribution is 6.00. The summed E-state index contributed by atoms with van der Waals surface area (Å²) in [5, 5.41) is 19.9. The lowest BCUT2D eigenvalue weighted by atomic mass is 10.1. The summed E-state index contributed by atoms with van der Waals surface area (Å²) in [6.07, 6.45) is 0. The molecule has 1 aromatic rings. The Bertz CT molecular complexity index is 512. The number of hydrogen-bond donors (Lipinski definition) is 1. The summed E-state index contributed by atoms with van der Waals surface area (Å²) in [6, 6.07) is 3.87. The van der Waals surface area contributed by atoms with Crippen LogP contribution in [-0.2, 0) is 4.79 Å². The summed E-state index contributed by atoms with van der Waals surface area (Å²) in [4.78, 5) is 33.7. The molecule has 0 radical (unpaired) electrons. The predicted molar refractivity (Wildman–Crippen MR) is 63.8 cm³/mol. The zero-order valence-electron chi connectivity index (χ0n) is 9.91. The Morgan fingerprint density at radius 1 is 1.44 bits per heavy atom. The molecule has 0 bridgehead atoms. The Morgan fingerprint density at radius 2 is 2.06 bits per heavy atom. The number of hydrogen-bond acceptors (Lipinski definition) is 4. The van der Waals surface area contributed by atoms with Crippen LogP contribution in [0.5, 0.6) is 0 Å². The largest absolute Gasteiger partial charge is 0.477 e. The number of carbonyl (C=O) groups excluding carboxylic acids is 1. The summed E-state index contributed by atoms with van der Waals surface area (Å²) >= 11 is 0. The lowest BCUT2D eigenvalue weighted by Gasteiger charge is -2.19. The second-order valence-corrected chi connectivity index (χ2v) is 3.50. The standard InChI is InChI=1S/C11H12N2O5/c1-3-12(7(2)14)9-6-4-5-8(11(15)16)10(9)13(17)18/h4-6H,3H2,1-2H3,(H,15,16). The Balaban J connectivity index is 3.53. The van der Waals surface area contributed by atoms with Gasteiger partial charge in [0, 0.05) is 13.5 Å². The third-order valence-electron chi connectivity index (χ3n) is 2.41. The van der Waals surface area contributed by atoms with E-state index >= 15 is 0 Å². The van der Waals surface area contributed by atoms with Gasteiger partial charge in [0.1, 0.15) is 11.3 Å². The fourth-order valence-corrected chi connectivity index (χ4v) is 1.68. The molecule has 1 rings (SSSR count). The number of nitrogens with zero attached hydrogens (tertiary/aromatic N) is 2. The molecule has 0 aliphatic carbocycles. The quantitative estimate of drug-likeness (QED) is 0.648. The number of nitro groups is 1. The molecule has 0 unspecified atom stereocenters. The Kier molecular flexibility index (Phi) is 3.98. The fourth-order valence-electron chi connectivity index (χ4n) is 1.68. The van der Waals surface area contributed by atoms with E-state index in [9.17, 15) is 19.7 Å². The molecule has 0 aliphatic rings. The van der Waals surface area contributed by atoms with Crippen LogP contribution in [0.25, 0.3) is 0 Å². The van der Waals surface area contributed by atoms with E-state index in [1.165, 1.54) is 19.1 Å². The van der Waals surface area contributed by atoms with Crippen molar-refractivity contribution in [3.8, 4) is 0 Å². The lowest BCUT2D eigenvalue weighted by Crippen LogP contribution is -2.29. The van der Waals surface area contributed by atoms with Crippen LogP contribution in [-0.4, -0.2) is 28.5 Å². The van der Waals surface area contributed by atoms with Gasteiger partial charge < -0.3 is 10.0 Å². The molecule has 0 aliphatic heterocycles. The Labute approximate surface area is 103 Å². The van der Waals surface area contributed by atoms with E-state index in [2.05, 4.69) is 0 Å². The third kappa shape index (κ3) is 2.45. The van der Waals surface area contributed by atoms with Crippen LogP contribution in [0.4, 0.5) is 11.4 Å². The number of carboxylic acid groups (broad SMARTS) is 1. The van der Waals surface area contributed by atoms with Crippen molar-refractivity contribution in [2.75, 3.05) is 11.4 Å². The SMILES string of the molecule is CCN(C(C)=O)c1cccc(C(=O)O)c1[N+](=O)[O-]. The normalized spacial score (nSPS) is 9.89. The number of aromatic carboxylic acids is 1. The number of anilines is 1. The monoisotopic (exact) mass is 252 g/mol. The summed E-state index contributed by atoms with van der Waals surface area (Å²) in [5.41, 5.74) is -1.01. The average molecular weight is 252 g/mol. The molecule has 7 heteroatoms. The highest BCUT2D eigenvalue weighted by Gasteiger charge is 2.28. The lowest BCUT2D eigenvalue weighted by molar-refractivity contribution is -0.384. The summed E-state index contributed by atoms with van der Waals surface area (Å²) < 4.78 is 0. The first kappa shape index (κ1) is 13.6. The first-order valence-electron chi connectivity index (χ1n) is 5.19. The first-order valence-corrected chi connectivity index (χ1v) is 5.19. The van der Waals surface area contributed by atoms with Crippen molar-refractivity contribution in [1.29, 1.82) is 0 Å². The number of amides is 1. The van der Waals surface area contributed by atoms with Gasteiger partial charge in [0.25, 0.3) is 0 Å². The van der Waals surface area contributed by atoms with Gasteiger partial charge in [-0.2, -0.15) is 0 Å². The predicted octanol–water partition coefficient (Wildman–Crippen LogP) is 1.67. The molecular formula is C11H12N2O5. The maximum absolute atomic E-state index is 11.4. The van der Waals surface area contributed by atoms with E-state index in [1.54, 1.807) is 6.92 Å².